The predicted octanol–water partition coefficient (Wildman–Crippen LogP) is 3.77. The smallest absolute Gasteiger partial charge is 0.320 e. The van der Waals surface area contributed by atoms with Gasteiger partial charge < -0.3 is 15.3 Å². The van der Waals surface area contributed by atoms with Crippen LogP contribution in [0.15, 0.2) is 60.8 Å². The van der Waals surface area contributed by atoms with E-state index in [1.165, 1.54) is 0 Å². The number of aromatic nitrogens is 1. The summed E-state index contributed by atoms with van der Waals surface area (Å²) in [6, 6.07) is 17.1. The van der Waals surface area contributed by atoms with E-state index in [0.717, 1.165) is 28.2 Å². The number of rotatable bonds is 8. The largest absolute Gasteiger partial charge is 0.459 e. The van der Waals surface area contributed by atoms with Crippen molar-refractivity contribution < 1.29 is 14.3 Å². The van der Waals surface area contributed by atoms with E-state index in [1.807, 2.05) is 80.3 Å². The molecule has 0 amide bonds. The Morgan fingerprint density at radius 2 is 1.87 bits per heavy atom. The second-order valence-corrected chi connectivity index (χ2v) is 8.64. The monoisotopic (exact) mass is 419 g/mol. The molecular formula is C25H29N3O3. The molecule has 0 fully saturated rings. The maximum absolute atomic E-state index is 12.6. The van der Waals surface area contributed by atoms with Gasteiger partial charge in [0.1, 0.15) is 17.7 Å². The molecule has 0 aliphatic rings. The number of hydrogen-bond donors (Lipinski definition) is 1. The standard InChI is InChI=1S/C25H29N3O3/c1-25(2,3)31-23(30)16-28(21(17-29)14-18-7-5-4-6-8-18)15-19-9-10-22-20(13-19)11-12-27-24(22)26/h4-13,17,21H,14-16H2,1-3H3,(H2,26,27)/t21-/m0/s1. The summed E-state index contributed by atoms with van der Waals surface area (Å²) in [7, 11) is 0. The Morgan fingerprint density at radius 3 is 2.55 bits per heavy atom. The summed E-state index contributed by atoms with van der Waals surface area (Å²) in [6.45, 7) is 5.94. The fraction of sp³-hybridized carbons (Fsp3) is 0.320. The van der Waals surface area contributed by atoms with E-state index in [1.54, 1.807) is 6.20 Å². The van der Waals surface area contributed by atoms with Crippen molar-refractivity contribution in [1.82, 2.24) is 9.88 Å². The van der Waals surface area contributed by atoms with Gasteiger partial charge in [0, 0.05) is 18.1 Å². The van der Waals surface area contributed by atoms with Crippen LogP contribution in [0, 0.1) is 0 Å². The molecule has 0 unspecified atom stereocenters. The van der Waals surface area contributed by atoms with E-state index in [2.05, 4.69) is 4.98 Å². The van der Waals surface area contributed by atoms with Gasteiger partial charge >= 0.3 is 5.97 Å². The highest BCUT2D eigenvalue weighted by atomic mass is 16.6. The third-order valence-corrected chi connectivity index (χ3v) is 4.91. The van der Waals surface area contributed by atoms with E-state index in [4.69, 9.17) is 10.5 Å². The van der Waals surface area contributed by atoms with Crippen LogP contribution in [0.5, 0.6) is 0 Å². The first kappa shape index (κ1) is 22.4. The molecule has 3 aromatic rings. The van der Waals surface area contributed by atoms with Crippen LogP contribution in [0.4, 0.5) is 5.82 Å². The van der Waals surface area contributed by atoms with E-state index in [-0.39, 0.29) is 12.5 Å². The van der Waals surface area contributed by atoms with Crippen LogP contribution in [0.25, 0.3) is 10.8 Å². The van der Waals surface area contributed by atoms with Crippen molar-refractivity contribution in [2.75, 3.05) is 12.3 Å². The second kappa shape index (κ2) is 9.71. The van der Waals surface area contributed by atoms with Crippen LogP contribution in [0.3, 0.4) is 0 Å². The van der Waals surface area contributed by atoms with Gasteiger partial charge in [0.25, 0.3) is 0 Å². The summed E-state index contributed by atoms with van der Waals surface area (Å²) in [4.78, 5) is 30.6. The fourth-order valence-corrected chi connectivity index (χ4v) is 3.53. The fourth-order valence-electron chi connectivity index (χ4n) is 3.53. The Morgan fingerprint density at radius 1 is 1.13 bits per heavy atom. The van der Waals surface area contributed by atoms with Crippen LogP contribution >= 0.6 is 0 Å². The van der Waals surface area contributed by atoms with Gasteiger partial charge in [-0.15, -0.1) is 0 Å². The number of pyridine rings is 1. The summed E-state index contributed by atoms with van der Waals surface area (Å²) >= 11 is 0. The zero-order valence-corrected chi connectivity index (χ0v) is 18.2. The van der Waals surface area contributed by atoms with E-state index in [9.17, 15) is 9.59 Å². The molecular weight excluding hydrogens is 390 g/mol. The SMILES string of the molecule is CC(C)(C)OC(=O)CN(Cc1ccc2c(N)nccc2c1)[C@H](C=O)Cc1ccccc1. The Bertz CT molecular complexity index is 1040. The first-order valence-electron chi connectivity index (χ1n) is 10.3. The number of nitrogens with two attached hydrogens (primary N) is 1. The molecule has 2 N–H and O–H groups in total. The van der Waals surface area contributed by atoms with Gasteiger partial charge in [-0.2, -0.15) is 0 Å². The Hall–Kier alpha value is -3.25. The number of carbonyl (C=O) groups is 2. The molecule has 1 aromatic heterocycles. The molecule has 0 radical (unpaired) electrons. The van der Waals surface area contributed by atoms with E-state index < -0.39 is 11.6 Å². The molecule has 31 heavy (non-hydrogen) atoms. The molecule has 0 saturated carbocycles. The molecule has 0 spiro atoms. The van der Waals surface area contributed by atoms with Crippen molar-refractivity contribution in [1.29, 1.82) is 0 Å². The number of aldehydes is 1. The van der Waals surface area contributed by atoms with Gasteiger partial charge in [0.05, 0.1) is 12.6 Å². The molecule has 0 bridgehead atoms. The number of nitrogens with zero attached hydrogens (tertiary/aromatic N) is 2. The third-order valence-electron chi connectivity index (χ3n) is 4.91. The summed E-state index contributed by atoms with van der Waals surface area (Å²) in [6.07, 6.45) is 3.08. The number of benzene rings is 2. The van der Waals surface area contributed by atoms with Gasteiger partial charge in [-0.3, -0.25) is 9.69 Å². The molecule has 162 valence electrons. The van der Waals surface area contributed by atoms with Crippen LogP contribution in [0.2, 0.25) is 0 Å². The van der Waals surface area contributed by atoms with Crippen molar-refractivity contribution in [2.24, 2.45) is 0 Å². The van der Waals surface area contributed by atoms with Crippen LogP contribution in [0.1, 0.15) is 31.9 Å². The summed E-state index contributed by atoms with van der Waals surface area (Å²) in [5.74, 6) is 0.117. The topological polar surface area (TPSA) is 85.5 Å². The lowest BCUT2D eigenvalue weighted by Gasteiger charge is -2.29. The molecule has 0 saturated heterocycles. The molecule has 3 rings (SSSR count). The highest BCUT2D eigenvalue weighted by molar-refractivity contribution is 5.91. The number of nitrogen functional groups attached to an aromatic ring is 1. The molecule has 2 aromatic carbocycles. The second-order valence-electron chi connectivity index (χ2n) is 8.64. The van der Waals surface area contributed by atoms with Crippen molar-refractivity contribution in [3.8, 4) is 0 Å². The van der Waals surface area contributed by atoms with Crippen LogP contribution in [-0.4, -0.2) is 40.3 Å². The van der Waals surface area contributed by atoms with Crippen molar-refractivity contribution in [3.63, 3.8) is 0 Å². The molecule has 1 heterocycles. The Kier molecular flexibility index (Phi) is 7.02. The summed E-state index contributed by atoms with van der Waals surface area (Å²) in [5.41, 5.74) is 7.38. The minimum Gasteiger partial charge on any atom is -0.459 e. The van der Waals surface area contributed by atoms with Gasteiger partial charge in [0.2, 0.25) is 0 Å². The minimum atomic E-state index is -0.591. The normalized spacial score (nSPS) is 12.6. The maximum atomic E-state index is 12.6. The Balaban J connectivity index is 1.86. The number of ether oxygens (including phenoxy) is 1. The number of anilines is 1. The first-order valence-corrected chi connectivity index (χ1v) is 10.3. The van der Waals surface area contributed by atoms with Crippen molar-refractivity contribution >= 4 is 28.8 Å². The zero-order chi connectivity index (χ0) is 22.4. The molecule has 6 heteroatoms. The lowest BCUT2D eigenvalue weighted by atomic mass is 10.0. The Labute approximate surface area is 183 Å². The lowest BCUT2D eigenvalue weighted by Crippen LogP contribution is -2.42. The van der Waals surface area contributed by atoms with Gasteiger partial charge in [0.15, 0.2) is 0 Å². The number of carbonyl (C=O) groups excluding carboxylic acids is 2. The van der Waals surface area contributed by atoms with Crippen molar-refractivity contribution in [3.05, 3.63) is 71.9 Å². The van der Waals surface area contributed by atoms with Crippen molar-refractivity contribution in [2.45, 2.75) is 45.4 Å². The van der Waals surface area contributed by atoms with Gasteiger partial charge in [-0.1, -0.05) is 42.5 Å². The number of fused-ring (bicyclic) bond motifs is 1. The molecule has 0 aliphatic carbocycles. The third kappa shape index (κ3) is 6.36. The van der Waals surface area contributed by atoms with Gasteiger partial charge in [-0.25, -0.2) is 4.98 Å². The molecule has 1 atom stereocenters. The van der Waals surface area contributed by atoms with E-state index in [0.29, 0.717) is 18.8 Å². The average Bonchev–Trinajstić information content (AvgIpc) is 2.71. The summed E-state index contributed by atoms with van der Waals surface area (Å²) in [5, 5.41) is 1.84. The quantitative estimate of drug-likeness (QED) is 0.442. The highest BCUT2D eigenvalue weighted by Crippen LogP contribution is 2.22. The first-order chi connectivity index (χ1) is 14.7. The minimum absolute atomic E-state index is 0.0179. The maximum Gasteiger partial charge on any atom is 0.320 e. The van der Waals surface area contributed by atoms with E-state index >= 15 is 0 Å². The number of hydrogen-bond acceptors (Lipinski definition) is 6. The number of esters is 1. The highest BCUT2D eigenvalue weighted by Gasteiger charge is 2.25. The predicted molar refractivity (Wildman–Crippen MR) is 122 cm³/mol. The van der Waals surface area contributed by atoms with Gasteiger partial charge in [-0.05, 0) is 55.8 Å². The summed E-state index contributed by atoms with van der Waals surface area (Å²) < 4.78 is 5.52. The van der Waals surface area contributed by atoms with Crippen LogP contribution < -0.4 is 5.73 Å². The molecule has 0 aliphatic heterocycles. The average molecular weight is 420 g/mol. The molecule has 6 nitrogen and oxygen atoms in total. The van der Waals surface area contributed by atoms with Crippen LogP contribution in [-0.2, 0) is 27.3 Å². The lowest BCUT2D eigenvalue weighted by molar-refractivity contribution is -0.156. The zero-order valence-electron chi connectivity index (χ0n) is 18.2.